The van der Waals surface area contributed by atoms with Gasteiger partial charge in [-0.2, -0.15) is 0 Å². The monoisotopic (exact) mass is 326 g/mol. The molecule has 2 heterocycles. The van der Waals surface area contributed by atoms with Gasteiger partial charge in [0.05, 0.1) is 5.92 Å². The maximum absolute atomic E-state index is 12.1. The largest absolute Gasteiger partial charge is 0.481 e. The summed E-state index contributed by atoms with van der Waals surface area (Å²) in [7, 11) is 0. The third-order valence-corrected chi connectivity index (χ3v) is 4.01. The molecule has 1 aliphatic rings. The normalized spacial score (nSPS) is 17.3. The Balaban J connectivity index is 1.67. The summed E-state index contributed by atoms with van der Waals surface area (Å²) in [5.41, 5.74) is 0.906. The molecule has 1 aliphatic heterocycles. The summed E-state index contributed by atoms with van der Waals surface area (Å²) in [6.07, 6.45) is 1.48. The average molecular weight is 326 g/mol. The van der Waals surface area contributed by atoms with E-state index in [0.717, 1.165) is 13.0 Å². The molecule has 1 unspecified atom stereocenters. The third-order valence-electron chi connectivity index (χ3n) is 4.01. The number of nitrogens with one attached hydrogen (secondary N) is 1. The fourth-order valence-corrected chi connectivity index (χ4v) is 2.72. The summed E-state index contributed by atoms with van der Waals surface area (Å²) in [5, 5.41) is 19.9. The highest BCUT2D eigenvalue weighted by atomic mass is 16.4. The maximum Gasteiger partial charge on any atom is 0.308 e. The van der Waals surface area contributed by atoms with Gasteiger partial charge in [-0.3, -0.25) is 9.59 Å². The van der Waals surface area contributed by atoms with Crippen LogP contribution in [0.25, 0.3) is 0 Å². The van der Waals surface area contributed by atoms with Crippen molar-refractivity contribution < 1.29 is 14.7 Å². The first-order chi connectivity index (χ1) is 11.6. The Labute approximate surface area is 139 Å². The smallest absolute Gasteiger partial charge is 0.308 e. The second-order valence-corrected chi connectivity index (χ2v) is 5.72. The Morgan fingerprint density at radius 2 is 1.92 bits per heavy atom. The molecule has 0 aliphatic carbocycles. The van der Waals surface area contributed by atoms with Crippen LogP contribution in [0.15, 0.2) is 42.5 Å². The molecule has 1 fully saturated rings. The van der Waals surface area contributed by atoms with Crippen molar-refractivity contribution in [1.82, 2.24) is 10.2 Å². The molecule has 2 aromatic rings. The number of hydrogen-bond acceptors (Lipinski definition) is 5. The molecule has 7 heteroatoms. The quantitative estimate of drug-likeness (QED) is 0.892. The van der Waals surface area contributed by atoms with Gasteiger partial charge in [0.1, 0.15) is 0 Å². The molecule has 1 aromatic carbocycles. The van der Waals surface area contributed by atoms with Crippen molar-refractivity contribution in [2.24, 2.45) is 5.92 Å². The van der Waals surface area contributed by atoms with Gasteiger partial charge in [0.15, 0.2) is 11.5 Å². The van der Waals surface area contributed by atoms with E-state index in [9.17, 15) is 9.59 Å². The first-order valence-corrected chi connectivity index (χ1v) is 7.81. The minimum absolute atomic E-state index is 0.217. The van der Waals surface area contributed by atoms with Crippen molar-refractivity contribution >= 4 is 23.4 Å². The zero-order valence-electron chi connectivity index (χ0n) is 13.1. The first-order valence-electron chi connectivity index (χ1n) is 7.81. The van der Waals surface area contributed by atoms with Crippen LogP contribution in [0.4, 0.5) is 11.5 Å². The molecular formula is C17H18N4O3. The van der Waals surface area contributed by atoms with Crippen molar-refractivity contribution in [2.75, 3.05) is 23.3 Å². The number of amides is 1. The van der Waals surface area contributed by atoms with Gasteiger partial charge in [0, 0.05) is 18.8 Å². The van der Waals surface area contributed by atoms with E-state index in [-0.39, 0.29) is 17.5 Å². The summed E-state index contributed by atoms with van der Waals surface area (Å²) in [4.78, 5) is 25.2. The summed E-state index contributed by atoms with van der Waals surface area (Å²) in [6.45, 7) is 1.16. The Bertz CT molecular complexity index is 718. The molecule has 0 spiro atoms. The molecule has 124 valence electrons. The van der Waals surface area contributed by atoms with E-state index >= 15 is 0 Å². The number of rotatable bonds is 4. The Hall–Kier alpha value is -2.96. The van der Waals surface area contributed by atoms with Gasteiger partial charge in [-0.1, -0.05) is 18.2 Å². The second-order valence-electron chi connectivity index (χ2n) is 5.72. The summed E-state index contributed by atoms with van der Waals surface area (Å²) in [5.74, 6) is -0.910. The van der Waals surface area contributed by atoms with Crippen molar-refractivity contribution in [3.63, 3.8) is 0 Å². The molecule has 7 nitrogen and oxygen atoms in total. The number of carboxylic acids is 1. The highest BCUT2D eigenvalue weighted by Crippen LogP contribution is 2.21. The van der Waals surface area contributed by atoms with Crippen molar-refractivity contribution in [2.45, 2.75) is 12.8 Å². The van der Waals surface area contributed by atoms with Crippen LogP contribution in [0.5, 0.6) is 0 Å². The number of nitrogens with zero attached hydrogens (tertiary/aromatic N) is 3. The van der Waals surface area contributed by atoms with Gasteiger partial charge < -0.3 is 15.3 Å². The van der Waals surface area contributed by atoms with Gasteiger partial charge in [-0.15, -0.1) is 10.2 Å². The topological polar surface area (TPSA) is 95.4 Å². The van der Waals surface area contributed by atoms with Crippen LogP contribution >= 0.6 is 0 Å². The molecule has 1 atom stereocenters. The van der Waals surface area contributed by atoms with Crippen LogP contribution in [0.2, 0.25) is 0 Å². The number of aliphatic carboxylic acids is 1. The molecule has 1 saturated heterocycles. The number of carbonyl (C=O) groups excluding carboxylic acids is 1. The molecule has 1 amide bonds. The lowest BCUT2D eigenvalue weighted by molar-refractivity contribution is -0.141. The molecule has 0 radical (unpaired) electrons. The highest BCUT2D eigenvalue weighted by Gasteiger charge is 2.26. The van der Waals surface area contributed by atoms with E-state index in [2.05, 4.69) is 15.5 Å². The van der Waals surface area contributed by atoms with E-state index in [1.165, 1.54) is 0 Å². The zero-order valence-corrected chi connectivity index (χ0v) is 13.1. The van der Waals surface area contributed by atoms with Crippen LogP contribution in [0.1, 0.15) is 23.3 Å². The average Bonchev–Trinajstić information content (AvgIpc) is 2.63. The van der Waals surface area contributed by atoms with Crippen LogP contribution < -0.4 is 10.2 Å². The van der Waals surface area contributed by atoms with Crippen molar-refractivity contribution in [1.29, 1.82) is 0 Å². The molecule has 1 aromatic heterocycles. The van der Waals surface area contributed by atoms with Gasteiger partial charge >= 0.3 is 5.97 Å². The Morgan fingerprint density at radius 1 is 1.12 bits per heavy atom. The van der Waals surface area contributed by atoms with Crippen LogP contribution in [-0.4, -0.2) is 40.3 Å². The number of para-hydroxylation sites is 1. The third kappa shape index (κ3) is 3.68. The number of anilines is 2. The lowest BCUT2D eigenvalue weighted by atomic mass is 9.98. The molecule has 0 bridgehead atoms. The molecular weight excluding hydrogens is 308 g/mol. The number of carboxylic acid groups (broad SMARTS) is 1. The summed E-state index contributed by atoms with van der Waals surface area (Å²) >= 11 is 0. The van der Waals surface area contributed by atoms with Gasteiger partial charge in [-0.05, 0) is 37.1 Å². The number of piperidine rings is 1. The van der Waals surface area contributed by atoms with E-state index < -0.39 is 5.97 Å². The minimum atomic E-state index is -0.786. The number of hydrogen-bond donors (Lipinski definition) is 2. The van der Waals surface area contributed by atoms with E-state index in [4.69, 9.17) is 5.11 Å². The van der Waals surface area contributed by atoms with E-state index in [1.807, 2.05) is 23.1 Å². The molecule has 0 saturated carbocycles. The lowest BCUT2D eigenvalue weighted by Gasteiger charge is -2.31. The van der Waals surface area contributed by atoms with Crippen LogP contribution in [-0.2, 0) is 4.79 Å². The fourth-order valence-electron chi connectivity index (χ4n) is 2.72. The van der Waals surface area contributed by atoms with Crippen LogP contribution in [0, 0.1) is 5.92 Å². The van der Waals surface area contributed by atoms with Gasteiger partial charge in [0.25, 0.3) is 5.91 Å². The number of carbonyl (C=O) groups is 2. The molecule has 2 N–H and O–H groups in total. The first kappa shape index (κ1) is 15.9. The summed E-state index contributed by atoms with van der Waals surface area (Å²) < 4.78 is 0. The number of benzene rings is 1. The standard InChI is InChI=1S/C17H18N4O3/c22-16(18-13-6-2-1-3-7-13)14-8-9-15(20-19-14)21-10-4-5-12(11-21)17(23)24/h1-3,6-9,12H,4-5,10-11H2,(H,18,22)(H,23,24). The van der Waals surface area contributed by atoms with Crippen molar-refractivity contribution in [3.05, 3.63) is 48.2 Å². The van der Waals surface area contributed by atoms with E-state index in [0.29, 0.717) is 24.5 Å². The SMILES string of the molecule is O=C(Nc1ccccc1)c1ccc(N2CCCC(C(=O)O)C2)nn1. The maximum atomic E-state index is 12.1. The highest BCUT2D eigenvalue weighted by molar-refractivity contribution is 6.02. The Kier molecular flexibility index (Phi) is 4.69. The predicted molar refractivity (Wildman–Crippen MR) is 89.0 cm³/mol. The van der Waals surface area contributed by atoms with Gasteiger partial charge in [-0.25, -0.2) is 0 Å². The Morgan fingerprint density at radius 3 is 2.58 bits per heavy atom. The number of aromatic nitrogens is 2. The van der Waals surface area contributed by atoms with Gasteiger partial charge in [0.2, 0.25) is 0 Å². The minimum Gasteiger partial charge on any atom is -0.481 e. The van der Waals surface area contributed by atoms with Crippen LogP contribution in [0.3, 0.4) is 0 Å². The van der Waals surface area contributed by atoms with E-state index in [1.54, 1.807) is 24.3 Å². The zero-order chi connectivity index (χ0) is 16.9. The molecule has 24 heavy (non-hydrogen) atoms. The summed E-state index contributed by atoms with van der Waals surface area (Å²) in [6, 6.07) is 12.4. The lowest BCUT2D eigenvalue weighted by Crippen LogP contribution is -2.39. The predicted octanol–water partition coefficient (Wildman–Crippen LogP) is 2.03. The fraction of sp³-hybridized carbons (Fsp3) is 0.294. The van der Waals surface area contributed by atoms with Crippen molar-refractivity contribution in [3.8, 4) is 0 Å². The second kappa shape index (κ2) is 7.08. The molecule has 3 rings (SSSR count).